The Kier molecular flexibility index (Phi) is 7.21. The summed E-state index contributed by atoms with van der Waals surface area (Å²) in [6.07, 6.45) is 6.36. The van der Waals surface area contributed by atoms with Crippen LogP contribution in [0.15, 0.2) is 24.4 Å². The van der Waals surface area contributed by atoms with E-state index in [-0.39, 0.29) is 18.6 Å². The molecule has 2 saturated heterocycles. The van der Waals surface area contributed by atoms with Crippen molar-refractivity contribution in [1.29, 1.82) is 0 Å². The van der Waals surface area contributed by atoms with Crippen LogP contribution in [-0.2, 0) is 20.8 Å². The standard InChI is InChI=1S/C19H29N3O3/c23-19(16-24-15-18-7-2-4-13-25-18)22-10-5-9-21(11-12-22)14-17-6-1-3-8-20-17/h1,3,6,8,18H,2,4-5,7,9-16H2/t18-/m0/s1. The van der Waals surface area contributed by atoms with Gasteiger partial charge in [0.05, 0.1) is 18.4 Å². The molecule has 0 radical (unpaired) electrons. The lowest BCUT2D eigenvalue weighted by Gasteiger charge is -2.24. The maximum atomic E-state index is 12.4. The summed E-state index contributed by atoms with van der Waals surface area (Å²) in [6.45, 7) is 5.81. The maximum absolute atomic E-state index is 12.4. The number of carbonyl (C=O) groups excluding carboxylic acids is 1. The molecule has 138 valence electrons. The van der Waals surface area contributed by atoms with Crippen LogP contribution in [0.25, 0.3) is 0 Å². The number of amides is 1. The maximum Gasteiger partial charge on any atom is 0.248 e. The van der Waals surface area contributed by atoms with E-state index in [4.69, 9.17) is 9.47 Å². The molecule has 1 aromatic heterocycles. The molecule has 0 N–H and O–H groups in total. The fourth-order valence-electron chi connectivity index (χ4n) is 3.41. The number of ether oxygens (including phenoxy) is 2. The molecule has 3 heterocycles. The molecule has 0 aliphatic carbocycles. The molecule has 0 spiro atoms. The van der Waals surface area contributed by atoms with Gasteiger partial charge in [0.25, 0.3) is 0 Å². The van der Waals surface area contributed by atoms with Gasteiger partial charge in [-0.3, -0.25) is 14.7 Å². The Morgan fingerprint density at radius 2 is 2.16 bits per heavy atom. The third kappa shape index (κ3) is 6.06. The van der Waals surface area contributed by atoms with Gasteiger partial charge in [-0.15, -0.1) is 0 Å². The summed E-state index contributed by atoms with van der Waals surface area (Å²) >= 11 is 0. The Morgan fingerprint density at radius 3 is 2.96 bits per heavy atom. The van der Waals surface area contributed by atoms with Crippen LogP contribution in [-0.4, -0.2) is 72.8 Å². The Bertz CT molecular complexity index is 520. The zero-order valence-electron chi connectivity index (χ0n) is 14.9. The minimum absolute atomic E-state index is 0.0931. The normalized spacial score (nSPS) is 22.6. The Morgan fingerprint density at radius 1 is 1.20 bits per heavy atom. The molecule has 0 unspecified atom stereocenters. The van der Waals surface area contributed by atoms with E-state index < -0.39 is 0 Å². The van der Waals surface area contributed by atoms with Gasteiger partial charge in [0.15, 0.2) is 0 Å². The van der Waals surface area contributed by atoms with Gasteiger partial charge >= 0.3 is 0 Å². The molecule has 2 aliphatic heterocycles. The number of rotatable bonds is 6. The predicted molar refractivity (Wildman–Crippen MR) is 95.1 cm³/mol. The summed E-state index contributed by atoms with van der Waals surface area (Å²) < 4.78 is 11.2. The van der Waals surface area contributed by atoms with E-state index in [0.29, 0.717) is 6.61 Å². The number of hydrogen-bond donors (Lipinski definition) is 0. The molecule has 1 aromatic rings. The highest BCUT2D eigenvalue weighted by Gasteiger charge is 2.20. The third-order valence-corrected chi connectivity index (χ3v) is 4.86. The van der Waals surface area contributed by atoms with Crippen molar-refractivity contribution in [3.8, 4) is 0 Å². The van der Waals surface area contributed by atoms with Gasteiger partial charge in [-0.25, -0.2) is 0 Å². The van der Waals surface area contributed by atoms with Gasteiger partial charge < -0.3 is 14.4 Å². The van der Waals surface area contributed by atoms with Crippen LogP contribution in [0.4, 0.5) is 0 Å². The van der Waals surface area contributed by atoms with Gasteiger partial charge in [0.1, 0.15) is 6.61 Å². The van der Waals surface area contributed by atoms with Crippen molar-refractivity contribution in [3.05, 3.63) is 30.1 Å². The molecule has 0 aromatic carbocycles. The molecule has 2 aliphatic rings. The highest BCUT2D eigenvalue weighted by molar-refractivity contribution is 5.77. The summed E-state index contributed by atoms with van der Waals surface area (Å²) in [5.41, 5.74) is 1.08. The minimum Gasteiger partial charge on any atom is -0.376 e. The third-order valence-electron chi connectivity index (χ3n) is 4.86. The smallest absolute Gasteiger partial charge is 0.248 e. The van der Waals surface area contributed by atoms with E-state index in [1.807, 2.05) is 23.2 Å². The first-order chi connectivity index (χ1) is 12.3. The average Bonchev–Trinajstić information content (AvgIpc) is 2.89. The molecule has 0 bridgehead atoms. The van der Waals surface area contributed by atoms with E-state index >= 15 is 0 Å². The second kappa shape index (κ2) is 9.85. The van der Waals surface area contributed by atoms with Gasteiger partial charge in [-0.2, -0.15) is 0 Å². The Balaban J connectivity index is 1.37. The minimum atomic E-state index is 0.0931. The fraction of sp³-hybridized carbons (Fsp3) is 0.684. The van der Waals surface area contributed by atoms with Gasteiger partial charge in [-0.1, -0.05) is 6.07 Å². The highest BCUT2D eigenvalue weighted by Crippen LogP contribution is 2.13. The number of aromatic nitrogens is 1. The quantitative estimate of drug-likeness (QED) is 0.784. The summed E-state index contributed by atoms with van der Waals surface area (Å²) in [6, 6.07) is 6.00. The lowest BCUT2D eigenvalue weighted by Crippen LogP contribution is -2.38. The van der Waals surface area contributed by atoms with E-state index in [1.165, 1.54) is 6.42 Å². The van der Waals surface area contributed by atoms with E-state index in [1.54, 1.807) is 0 Å². The molecule has 3 rings (SSSR count). The largest absolute Gasteiger partial charge is 0.376 e. The van der Waals surface area contributed by atoms with Crippen molar-refractivity contribution in [1.82, 2.24) is 14.8 Å². The van der Waals surface area contributed by atoms with Gasteiger partial charge in [-0.05, 0) is 37.8 Å². The van der Waals surface area contributed by atoms with Crippen LogP contribution in [0, 0.1) is 0 Å². The van der Waals surface area contributed by atoms with Crippen molar-refractivity contribution < 1.29 is 14.3 Å². The summed E-state index contributed by atoms with van der Waals surface area (Å²) in [7, 11) is 0. The molecule has 1 atom stereocenters. The Hall–Kier alpha value is -1.50. The van der Waals surface area contributed by atoms with Crippen molar-refractivity contribution in [2.75, 3.05) is 46.0 Å². The first-order valence-electron chi connectivity index (χ1n) is 9.40. The molecule has 2 fully saturated rings. The topological polar surface area (TPSA) is 54.9 Å². The number of pyridine rings is 1. The SMILES string of the molecule is O=C(COC[C@@H]1CCCCO1)N1CCCN(Cc2ccccn2)CC1. The van der Waals surface area contributed by atoms with Crippen LogP contribution < -0.4 is 0 Å². The fourth-order valence-corrected chi connectivity index (χ4v) is 3.41. The predicted octanol–water partition coefficient (Wildman–Crippen LogP) is 1.70. The van der Waals surface area contributed by atoms with Crippen molar-refractivity contribution in [3.63, 3.8) is 0 Å². The summed E-state index contributed by atoms with van der Waals surface area (Å²) in [5, 5.41) is 0. The molecule has 25 heavy (non-hydrogen) atoms. The molecular weight excluding hydrogens is 318 g/mol. The zero-order chi connectivity index (χ0) is 17.3. The second-order valence-electron chi connectivity index (χ2n) is 6.84. The lowest BCUT2D eigenvalue weighted by molar-refractivity contribution is -0.138. The zero-order valence-corrected chi connectivity index (χ0v) is 14.9. The second-order valence-corrected chi connectivity index (χ2v) is 6.84. The van der Waals surface area contributed by atoms with Crippen molar-refractivity contribution >= 4 is 5.91 Å². The molecule has 6 heteroatoms. The number of hydrogen-bond acceptors (Lipinski definition) is 5. The van der Waals surface area contributed by atoms with Crippen LogP contribution >= 0.6 is 0 Å². The number of nitrogens with zero attached hydrogens (tertiary/aromatic N) is 3. The Labute approximate surface area is 150 Å². The van der Waals surface area contributed by atoms with Crippen LogP contribution in [0.3, 0.4) is 0 Å². The molecule has 6 nitrogen and oxygen atoms in total. The van der Waals surface area contributed by atoms with E-state index in [0.717, 1.165) is 64.3 Å². The van der Waals surface area contributed by atoms with Crippen LogP contribution in [0.1, 0.15) is 31.4 Å². The van der Waals surface area contributed by atoms with Crippen LogP contribution in [0.2, 0.25) is 0 Å². The van der Waals surface area contributed by atoms with Crippen LogP contribution in [0.5, 0.6) is 0 Å². The molecule has 1 amide bonds. The van der Waals surface area contributed by atoms with Gasteiger partial charge in [0.2, 0.25) is 5.91 Å². The van der Waals surface area contributed by atoms with Gasteiger partial charge in [0, 0.05) is 45.5 Å². The first kappa shape index (κ1) is 18.3. The van der Waals surface area contributed by atoms with Crippen molar-refractivity contribution in [2.45, 2.75) is 38.3 Å². The highest BCUT2D eigenvalue weighted by atomic mass is 16.5. The van der Waals surface area contributed by atoms with E-state index in [2.05, 4.69) is 16.0 Å². The summed E-state index contributed by atoms with van der Waals surface area (Å²) in [5.74, 6) is 0.0931. The average molecular weight is 347 g/mol. The molecule has 0 saturated carbocycles. The first-order valence-corrected chi connectivity index (χ1v) is 9.40. The van der Waals surface area contributed by atoms with E-state index in [9.17, 15) is 4.79 Å². The van der Waals surface area contributed by atoms with Crippen molar-refractivity contribution in [2.24, 2.45) is 0 Å². The lowest BCUT2D eigenvalue weighted by atomic mass is 10.1. The molecular formula is C19H29N3O3. The monoisotopic (exact) mass is 347 g/mol. The summed E-state index contributed by atoms with van der Waals surface area (Å²) in [4.78, 5) is 21.1. The number of carbonyl (C=O) groups is 1.